The van der Waals surface area contributed by atoms with Crippen molar-refractivity contribution in [3.05, 3.63) is 30.3 Å². The first-order valence-electron chi connectivity index (χ1n) is 6.73. The van der Waals surface area contributed by atoms with Gasteiger partial charge in [0.25, 0.3) is 0 Å². The molecule has 0 bridgehead atoms. The second-order valence-corrected chi connectivity index (χ2v) is 5.40. The van der Waals surface area contributed by atoms with Crippen LogP contribution in [0.15, 0.2) is 30.3 Å². The third-order valence-electron chi connectivity index (χ3n) is 3.88. The quantitative estimate of drug-likeness (QED) is 0.767. The van der Waals surface area contributed by atoms with Crippen molar-refractivity contribution in [2.75, 3.05) is 23.7 Å². The molecule has 0 radical (unpaired) electrons. The lowest BCUT2D eigenvalue weighted by molar-refractivity contribution is 0.0969. The van der Waals surface area contributed by atoms with E-state index in [2.05, 4.69) is 22.9 Å². The van der Waals surface area contributed by atoms with Gasteiger partial charge in [-0.15, -0.1) is 0 Å². The number of hydrogen-bond acceptors (Lipinski definition) is 4. The Balaban J connectivity index is 1.91. The molecule has 3 rings (SSSR count). The predicted octanol–water partition coefficient (Wildman–Crippen LogP) is 2.02. The maximum Gasteiger partial charge on any atom is 0.129 e. The van der Waals surface area contributed by atoms with Crippen LogP contribution in [0.2, 0.25) is 0 Å². The average Bonchev–Trinajstić information content (AvgIpc) is 2.41. The van der Waals surface area contributed by atoms with Crippen LogP contribution in [0.25, 0.3) is 10.9 Å². The fraction of sp³-hybridized carbons (Fsp3) is 0.400. The predicted molar refractivity (Wildman–Crippen MR) is 78.2 cm³/mol. The largest absolute Gasteiger partial charge is 0.399 e. The number of aromatic nitrogens is 1. The Kier molecular flexibility index (Phi) is 3.03. The van der Waals surface area contributed by atoms with Crippen molar-refractivity contribution >= 4 is 22.4 Å². The fourth-order valence-electron chi connectivity index (χ4n) is 2.65. The summed E-state index contributed by atoms with van der Waals surface area (Å²) in [4.78, 5) is 6.93. The molecule has 2 heterocycles. The van der Waals surface area contributed by atoms with Crippen LogP contribution >= 0.6 is 0 Å². The highest BCUT2D eigenvalue weighted by molar-refractivity contribution is 5.83. The summed E-state index contributed by atoms with van der Waals surface area (Å²) in [6, 6.07) is 9.86. The molecule has 0 amide bonds. The lowest BCUT2D eigenvalue weighted by atomic mass is 9.97. The first-order valence-corrected chi connectivity index (χ1v) is 6.73. The molecular weight excluding hydrogens is 238 g/mol. The number of benzene rings is 1. The van der Waals surface area contributed by atoms with Crippen LogP contribution in [0, 0.1) is 5.92 Å². The van der Waals surface area contributed by atoms with Gasteiger partial charge >= 0.3 is 0 Å². The lowest BCUT2D eigenvalue weighted by Crippen LogP contribution is -2.42. The van der Waals surface area contributed by atoms with Gasteiger partial charge in [0.15, 0.2) is 0 Å². The number of aliphatic hydroxyl groups excluding tert-OH is 1. The first-order chi connectivity index (χ1) is 9.13. The summed E-state index contributed by atoms with van der Waals surface area (Å²) in [6.45, 7) is 3.80. The minimum Gasteiger partial charge on any atom is -0.399 e. The van der Waals surface area contributed by atoms with Gasteiger partial charge in [-0.1, -0.05) is 6.92 Å². The number of rotatable bonds is 1. The van der Waals surface area contributed by atoms with Crippen molar-refractivity contribution < 1.29 is 5.11 Å². The zero-order chi connectivity index (χ0) is 13.4. The molecule has 4 heteroatoms. The van der Waals surface area contributed by atoms with Gasteiger partial charge in [0.1, 0.15) is 5.82 Å². The topological polar surface area (TPSA) is 62.4 Å². The highest BCUT2D eigenvalue weighted by Crippen LogP contribution is 2.24. The molecule has 100 valence electrons. The summed E-state index contributed by atoms with van der Waals surface area (Å²) in [5.41, 5.74) is 7.50. The Hall–Kier alpha value is -1.81. The maximum absolute atomic E-state index is 9.78. The fourth-order valence-corrected chi connectivity index (χ4v) is 2.65. The second kappa shape index (κ2) is 4.70. The molecule has 19 heavy (non-hydrogen) atoms. The molecule has 1 aliphatic heterocycles. The molecule has 1 fully saturated rings. The van der Waals surface area contributed by atoms with E-state index in [9.17, 15) is 5.11 Å². The zero-order valence-corrected chi connectivity index (χ0v) is 11.1. The van der Waals surface area contributed by atoms with E-state index in [1.54, 1.807) is 0 Å². The monoisotopic (exact) mass is 257 g/mol. The van der Waals surface area contributed by atoms with Gasteiger partial charge < -0.3 is 15.7 Å². The van der Waals surface area contributed by atoms with E-state index in [4.69, 9.17) is 5.73 Å². The number of fused-ring (bicyclic) bond motifs is 1. The molecule has 2 unspecified atom stereocenters. The summed E-state index contributed by atoms with van der Waals surface area (Å²) in [7, 11) is 0. The number of nitrogen functional groups attached to an aromatic ring is 1. The lowest BCUT2D eigenvalue weighted by Gasteiger charge is -2.35. The molecular formula is C15H19N3O. The summed E-state index contributed by atoms with van der Waals surface area (Å²) in [5.74, 6) is 1.27. The van der Waals surface area contributed by atoms with Gasteiger partial charge in [0.05, 0.1) is 11.6 Å². The van der Waals surface area contributed by atoms with E-state index in [1.165, 1.54) is 0 Å². The second-order valence-electron chi connectivity index (χ2n) is 5.40. The molecule has 2 aromatic rings. The van der Waals surface area contributed by atoms with Crippen LogP contribution in [0.3, 0.4) is 0 Å². The normalized spacial score (nSPS) is 23.8. The van der Waals surface area contributed by atoms with E-state index in [0.717, 1.165) is 41.9 Å². The minimum atomic E-state index is -0.184. The third-order valence-corrected chi connectivity index (χ3v) is 3.88. The molecule has 1 saturated heterocycles. The number of hydrogen-bond donors (Lipinski definition) is 2. The van der Waals surface area contributed by atoms with Gasteiger partial charge in [0, 0.05) is 24.2 Å². The highest BCUT2D eigenvalue weighted by Gasteiger charge is 2.24. The summed E-state index contributed by atoms with van der Waals surface area (Å²) in [6.07, 6.45) is 0.624. The van der Waals surface area contributed by atoms with Gasteiger partial charge in [-0.3, -0.25) is 0 Å². The number of anilines is 2. The van der Waals surface area contributed by atoms with E-state index < -0.39 is 0 Å². The standard InChI is InChI=1S/C15H19N3O/c1-10-9-18(7-6-14(10)19)15-5-2-11-8-12(16)3-4-13(11)17-15/h2-5,8,10,14,19H,6-7,9,16H2,1H3. The molecule has 1 aliphatic rings. The molecule has 2 atom stereocenters. The highest BCUT2D eigenvalue weighted by atomic mass is 16.3. The Morgan fingerprint density at radius 3 is 2.95 bits per heavy atom. The Bertz CT molecular complexity index is 599. The maximum atomic E-state index is 9.78. The van der Waals surface area contributed by atoms with Crippen molar-refractivity contribution in [3.8, 4) is 0 Å². The number of nitrogens with two attached hydrogens (primary N) is 1. The van der Waals surface area contributed by atoms with E-state index in [-0.39, 0.29) is 12.0 Å². The number of aliphatic hydroxyl groups is 1. The van der Waals surface area contributed by atoms with Gasteiger partial charge in [-0.05, 0) is 42.7 Å². The van der Waals surface area contributed by atoms with Crippen LogP contribution in [0.1, 0.15) is 13.3 Å². The van der Waals surface area contributed by atoms with E-state index in [0.29, 0.717) is 0 Å². The van der Waals surface area contributed by atoms with Crippen molar-refractivity contribution in [2.24, 2.45) is 5.92 Å². The molecule has 4 nitrogen and oxygen atoms in total. The van der Waals surface area contributed by atoms with Gasteiger partial charge in [-0.2, -0.15) is 0 Å². The molecule has 0 saturated carbocycles. The van der Waals surface area contributed by atoms with Crippen LogP contribution < -0.4 is 10.6 Å². The molecule has 1 aromatic heterocycles. The molecule has 3 N–H and O–H groups in total. The Morgan fingerprint density at radius 1 is 1.32 bits per heavy atom. The van der Waals surface area contributed by atoms with Crippen LogP contribution in [0.5, 0.6) is 0 Å². The first kappa shape index (κ1) is 12.2. The van der Waals surface area contributed by atoms with Crippen LogP contribution in [0.4, 0.5) is 11.5 Å². The summed E-state index contributed by atoms with van der Waals surface area (Å²) in [5, 5.41) is 10.8. The van der Waals surface area contributed by atoms with Gasteiger partial charge in [-0.25, -0.2) is 4.98 Å². The Labute approximate surface area is 112 Å². The van der Waals surface area contributed by atoms with Gasteiger partial charge in [0.2, 0.25) is 0 Å². The summed E-state index contributed by atoms with van der Waals surface area (Å²) < 4.78 is 0. The van der Waals surface area contributed by atoms with Crippen molar-refractivity contribution in [2.45, 2.75) is 19.4 Å². The van der Waals surface area contributed by atoms with Crippen molar-refractivity contribution in [1.82, 2.24) is 4.98 Å². The van der Waals surface area contributed by atoms with Crippen molar-refractivity contribution in [1.29, 1.82) is 0 Å². The number of piperidine rings is 1. The van der Waals surface area contributed by atoms with Crippen LogP contribution in [-0.4, -0.2) is 29.3 Å². The molecule has 1 aromatic carbocycles. The minimum absolute atomic E-state index is 0.184. The van der Waals surface area contributed by atoms with E-state index >= 15 is 0 Å². The third kappa shape index (κ3) is 2.36. The zero-order valence-electron chi connectivity index (χ0n) is 11.1. The Morgan fingerprint density at radius 2 is 2.16 bits per heavy atom. The number of nitrogens with zero attached hydrogens (tertiary/aromatic N) is 2. The summed E-state index contributed by atoms with van der Waals surface area (Å²) >= 11 is 0. The molecule has 0 aliphatic carbocycles. The smallest absolute Gasteiger partial charge is 0.129 e. The number of pyridine rings is 1. The van der Waals surface area contributed by atoms with Crippen LogP contribution in [-0.2, 0) is 0 Å². The van der Waals surface area contributed by atoms with Crippen molar-refractivity contribution in [3.63, 3.8) is 0 Å². The van der Waals surface area contributed by atoms with E-state index in [1.807, 2.05) is 24.3 Å². The average molecular weight is 257 g/mol. The molecule has 0 spiro atoms. The SMILES string of the molecule is CC1CN(c2ccc3cc(N)ccc3n2)CCC1O.